The lowest BCUT2D eigenvalue weighted by Crippen LogP contribution is -2.56. The van der Waals surface area contributed by atoms with Gasteiger partial charge in [0.05, 0.1) is 17.8 Å². The van der Waals surface area contributed by atoms with Crippen molar-refractivity contribution in [3.63, 3.8) is 0 Å². The van der Waals surface area contributed by atoms with Crippen LogP contribution in [0.15, 0.2) is 0 Å². The van der Waals surface area contributed by atoms with Crippen LogP contribution in [0, 0.1) is 11.8 Å². The van der Waals surface area contributed by atoms with E-state index in [4.69, 9.17) is 9.47 Å². The van der Waals surface area contributed by atoms with Crippen molar-refractivity contribution in [1.82, 2.24) is 5.32 Å². The fraction of sp³-hybridized carbons (Fsp3) is 1.00. The third kappa shape index (κ3) is 5.44. The van der Waals surface area contributed by atoms with Gasteiger partial charge in [-0.1, -0.05) is 27.2 Å². The normalized spacial score (nSPS) is 28.2. The summed E-state index contributed by atoms with van der Waals surface area (Å²) in [5, 5.41) is 3.48. The Hall–Kier alpha value is -0.120. The number of hydrogen-bond acceptors (Lipinski definition) is 3. The summed E-state index contributed by atoms with van der Waals surface area (Å²) in [6.07, 6.45) is 6.88. The van der Waals surface area contributed by atoms with E-state index in [0.29, 0.717) is 11.8 Å². The highest BCUT2D eigenvalue weighted by atomic mass is 16.5. The highest BCUT2D eigenvalue weighted by Crippen LogP contribution is 2.40. The lowest BCUT2D eigenvalue weighted by molar-refractivity contribution is -0.123. The van der Waals surface area contributed by atoms with Gasteiger partial charge in [0, 0.05) is 18.1 Å². The molecule has 0 aliphatic heterocycles. The maximum atomic E-state index is 6.55. The van der Waals surface area contributed by atoms with Gasteiger partial charge in [0.15, 0.2) is 0 Å². The first kappa shape index (κ1) is 21.9. The van der Waals surface area contributed by atoms with E-state index in [2.05, 4.69) is 60.8 Å². The van der Waals surface area contributed by atoms with Gasteiger partial charge in [-0.25, -0.2) is 0 Å². The minimum absolute atomic E-state index is 0.0116. The molecule has 0 spiro atoms. The summed E-state index contributed by atoms with van der Waals surface area (Å²) >= 11 is 0. The van der Waals surface area contributed by atoms with Crippen molar-refractivity contribution in [3.8, 4) is 0 Å². The van der Waals surface area contributed by atoms with Crippen molar-refractivity contribution in [3.05, 3.63) is 0 Å². The second-order valence-electron chi connectivity index (χ2n) is 8.74. The summed E-state index contributed by atoms with van der Waals surface area (Å²) in [6, 6.07) is 0. The Bertz CT molecular complexity index is 367. The smallest absolute Gasteiger partial charge is 0.0680 e. The first-order valence-electron chi connectivity index (χ1n) is 10.1. The van der Waals surface area contributed by atoms with Crippen molar-refractivity contribution in [1.29, 1.82) is 0 Å². The second-order valence-corrected chi connectivity index (χ2v) is 8.74. The predicted molar refractivity (Wildman–Crippen MR) is 104 cm³/mol. The average Bonchev–Trinajstić information content (AvgIpc) is 2.56. The van der Waals surface area contributed by atoms with Crippen LogP contribution in [0.2, 0.25) is 0 Å². The van der Waals surface area contributed by atoms with Gasteiger partial charge >= 0.3 is 0 Å². The molecule has 0 radical (unpaired) electrons. The van der Waals surface area contributed by atoms with E-state index in [9.17, 15) is 0 Å². The van der Waals surface area contributed by atoms with Gasteiger partial charge < -0.3 is 14.8 Å². The van der Waals surface area contributed by atoms with Crippen LogP contribution in [0.5, 0.6) is 0 Å². The van der Waals surface area contributed by atoms with Gasteiger partial charge in [-0.3, -0.25) is 0 Å². The molecule has 4 atom stereocenters. The molecule has 0 saturated heterocycles. The van der Waals surface area contributed by atoms with Crippen LogP contribution >= 0.6 is 0 Å². The van der Waals surface area contributed by atoms with Gasteiger partial charge in [0.2, 0.25) is 0 Å². The lowest BCUT2D eigenvalue weighted by atomic mass is 9.68. The topological polar surface area (TPSA) is 30.5 Å². The Morgan fingerprint density at radius 3 is 2.21 bits per heavy atom. The molecule has 0 aromatic rings. The molecule has 0 amide bonds. The standard InChI is InChI=1S/C21H43NO2/c1-9-17(13-15-23-19(4,5)10-2)21(7,11-3)24-16-18-12-14-20(18,6)22-8/h17-18,22H,9-16H2,1-8H3. The zero-order valence-corrected chi connectivity index (χ0v) is 17.6. The molecule has 0 aromatic heterocycles. The van der Waals surface area contributed by atoms with Crippen LogP contribution in [0.3, 0.4) is 0 Å². The lowest BCUT2D eigenvalue weighted by Gasteiger charge is -2.49. The maximum Gasteiger partial charge on any atom is 0.0680 e. The quantitative estimate of drug-likeness (QED) is 0.530. The van der Waals surface area contributed by atoms with Crippen molar-refractivity contribution >= 4 is 0 Å². The SMILES string of the molecule is CCC(CCOC(C)(C)CC)C(C)(CC)OCC1CCC1(C)NC. The van der Waals surface area contributed by atoms with Gasteiger partial charge in [-0.05, 0) is 72.8 Å². The summed E-state index contributed by atoms with van der Waals surface area (Å²) in [5.74, 6) is 1.19. The maximum absolute atomic E-state index is 6.55. The second kappa shape index (κ2) is 9.00. The molecule has 0 aromatic carbocycles. The Labute approximate surface area is 151 Å². The van der Waals surface area contributed by atoms with Gasteiger partial charge in [-0.15, -0.1) is 0 Å². The van der Waals surface area contributed by atoms with Crippen molar-refractivity contribution in [2.75, 3.05) is 20.3 Å². The van der Waals surface area contributed by atoms with E-state index in [1.165, 1.54) is 12.8 Å². The van der Waals surface area contributed by atoms with Crippen LogP contribution in [0.4, 0.5) is 0 Å². The fourth-order valence-corrected chi connectivity index (χ4v) is 3.70. The Morgan fingerprint density at radius 2 is 1.79 bits per heavy atom. The molecule has 144 valence electrons. The van der Waals surface area contributed by atoms with Gasteiger partial charge in [0.25, 0.3) is 0 Å². The highest BCUT2D eigenvalue weighted by Gasteiger charge is 2.43. The van der Waals surface area contributed by atoms with E-state index >= 15 is 0 Å². The van der Waals surface area contributed by atoms with Crippen molar-refractivity contribution < 1.29 is 9.47 Å². The minimum Gasteiger partial charge on any atom is -0.376 e. The third-order valence-electron chi connectivity index (χ3n) is 6.97. The molecule has 0 bridgehead atoms. The molecule has 1 rings (SSSR count). The molecule has 1 N–H and O–H groups in total. The highest BCUT2D eigenvalue weighted by molar-refractivity contribution is 4.99. The fourth-order valence-electron chi connectivity index (χ4n) is 3.70. The van der Waals surface area contributed by atoms with Crippen LogP contribution in [-0.4, -0.2) is 37.0 Å². The Kier molecular flexibility index (Phi) is 8.22. The molecule has 3 nitrogen and oxygen atoms in total. The summed E-state index contributed by atoms with van der Waals surface area (Å²) in [4.78, 5) is 0. The van der Waals surface area contributed by atoms with Crippen molar-refractivity contribution in [2.24, 2.45) is 11.8 Å². The Balaban J connectivity index is 2.55. The summed E-state index contributed by atoms with van der Waals surface area (Å²) in [6.45, 7) is 17.4. The Morgan fingerprint density at radius 1 is 1.12 bits per heavy atom. The average molecular weight is 342 g/mol. The molecule has 24 heavy (non-hydrogen) atoms. The predicted octanol–water partition coefficient (Wildman–Crippen LogP) is 5.18. The van der Waals surface area contributed by atoms with Crippen LogP contribution in [-0.2, 0) is 9.47 Å². The van der Waals surface area contributed by atoms with Crippen LogP contribution in [0.1, 0.15) is 87.0 Å². The molecule has 1 aliphatic rings. The monoisotopic (exact) mass is 341 g/mol. The van der Waals surface area contributed by atoms with E-state index in [1.807, 2.05) is 0 Å². The molecule has 1 fully saturated rings. The molecular weight excluding hydrogens is 298 g/mol. The minimum atomic E-state index is -0.0429. The third-order valence-corrected chi connectivity index (χ3v) is 6.97. The summed E-state index contributed by atoms with van der Waals surface area (Å²) in [5.41, 5.74) is 0.214. The molecule has 3 heteroatoms. The zero-order valence-electron chi connectivity index (χ0n) is 17.6. The first-order valence-corrected chi connectivity index (χ1v) is 10.1. The van der Waals surface area contributed by atoms with Crippen molar-refractivity contribution in [2.45, 2.75) is 104 Å². The summed E-state index contributed by atoms with van der Waals surface area (Å²) < 4.78 is 12.6. The van der Waals surface area contributed by atoms with E-state index in [0.717, 1.165) is 38.9 Å². The molecule has 0 heterocycles. The number of rotatable bonds is 12. The largest absolute Gasteiger partial charge is 0.376 e. The van der Waals surface area contributed by atoms with E-state index < -0.39 is 0 Å². The zero-order chi connectivity index (χ0) is 18.4. The number of ether oxygens (including phenoxy) is 2. The first-order chi connectivity index (χ1) is 11.2. The number of nitrogens with one attached hydrogen (secondary N) is 1. The van der Waals surface area contributed by atoms with Crippen LogP contribution in [0.25, 0.3) is 0 Å². The molecule has 1 saturated carbocycles. The van der Waals surface area contributed by atoms with Crippen LogP contribution < -0.4 is 5.32 Å². The summed E-state index contributed by atoms with van der Waals surface area (Å²) in [7, 11) is 2.08. The molecule has 1 aliphatic carbocycles. The van der Waals surface area contributed by atoms with Gasteiger partial charge in [-0.2, -0.15) is 0 Å². The van der Waals surface area contributed by atoms with E-state index in [-0.39, 0.29) is 16.7 Å². The number of hydrogen-bond donors (Lipinski definition) is 1. The van der Waals surface area contributed by atoms with Gasteiger partial charge in [0.1, 0.15) is 0 Å². The van der Waals surface area contributed by atoms with E-state index in [1.54, 1.807) is 0 Å². The molecule has 4 unspecified atom stereocenters. The molecular formula is C21H43NO2.